The molecule has 0 amide bonds. The van der Waals surface area contributed by atoms with Gasteiger partial charge < -0.3 is 9.84 Å². The molecule has 0 heterocycles. The number of carbonyl (C=O) groups is 1. The Kier molecular flexibility index (Phi) is 2.27. The van der Waals surface area contributed by atoms with Crippen LogP contribution < -0.4 is 0 Å². The summed E-state index contributed by atoms with van der Waals surface area (Å²) in [5.41, 5.74) is 0. The molecule has 1 N–H and O–H groups in total. The van der Waals surface area contributed by atoms with E-state index in [9.17, 15) is 4.79 Å². The van der Waals surface area contributed by atoms with E-state index in [4.69, 9.17) is 5.11 Å². The van der Waals surface area contributed by atoms with Crippen LogP contribution in [0.25, 0.3) is 0 Å². The lowest BCUT2D eigenvalue weighted by Crippen LogP contribution is -2.35. The highest BCUT2D eigenvalue weighted by atomic mass is 16.5. The monoisotopic (exact) mass is 144 g/mol. The van der Waals surface area contributed by atoms with E-state index in [0.717, 1.165) is 12.8 Å². The first-order chi connectivity index (χ1) is 4.79. The standard InChI is InChI=1S/C7H12O3/c1-10-7(9)6-3-2-5(6)4-8/h5-6,8H,2-4H2,1H3/t5-,6?/m0/s1. The molecule has 10 heavy (non-hydrogen) atoms. The van der Waals surface area contributed by atoms with Crippen LogP contribution in [0.15, 0.2) is 0 Å². The molecule has 3 heteroatoms. The van der Waals surface area contributed by atoms with Gasteiger partial charge in [0.1, 0.15) is 0 Å². The fraction of sp³-hybridized carbons (Fsp3) is 0.857. The number of aliphatic hydroxyl groups excluding tert-OH is 1. The Balaban J connectivity index is 2.35. The van der Waals surface area contributed by atoms with Crippen LogP contribution >= 0.6 is 0 Å². The van der Waals surface area contributed by atoms with E-state index >= 15 is 0 Å². The van der Waals surface area contributed by atoms with Crippen LogP contribution in [0.2, 0.25) is 0 Å². The van der Waals surface area contributed by atoms with E-state index in [-0.39, 0.29) is 24.4 Å². The van der Waals surface area contributed by atoms with Gasteiger partial charge in [0.2, 0.25) is 0 Å². The second kappa shape index (κ2) is 3.01. The van der Waals surface area contributed by atoms with Crippen molar-refractivity contribution in [1.29, 1.82) is 0 Å². The molecule has 0 aromatic carbocycles. The Hall–Kier alpha value is -0.570. The Morgan fingerprint density at radius 3 is 2.70 bits per heavy atom. The largest absolute Gasteiger partial charge is 0.469 e. The molecule has 0 aromatic rings. The Labute approximate surface area is 60.0 Å². The quantitative estimate of drug-likeness (QED) is 0.562. The van der Waals surface area contributed by atoms with E-state index in [1.807, 2.05) is 0 Å². The van der Waals surface area contributed by atoms with Crippen LogP contribution in [0.5, 0.6) is 0 Å². The number of rotatable bonds is 2. The zero-order valence-electron chi connectivity index (χ0n) is 6.04. The van der Waals surface area contributed by atoms with E-state index in [1.165, 1.54) is 7.11 Å². The highest BCUT2D eigenvalue weighted by Crippen LogP contribution is 2.34. The SMILES string of the molecule is COC(=O)C1CC[C@H]1CO. The number of aliphatic hydroxyl groups is 1. The zero-order chi connectivity index (χ0) is 7.56. The average molecular weight is 144 g/mol. The van der Waals surface area contributed by atoms with Gasteiger partial charge >= 0.3 is 5.97 Å². The van der Waals surface area contributed by atoms with Crippen LogP contribution in [-0.2, 0) is 9.53 Å². The van der Waals surface area contributed by atoms with Crippen LogP contribution in [0.3, 0.4) is 0 Å². The van der Waals surface area contributed by atoms with Crippen molar-refractivity contribution >= 4 is 5.97 Å². The van der Waals surface area contributed by atoms with Gasteiger partial charge in [-0.15, -0.1) is 0 Å². The molecule has 1 aliphatic rings. The Bertz CT molecular complexity index is 131. The van der Waals surface area contributed by atoms with Gasteiger partial charge in [0, 0.05) is 6.61 Å². The molecule has 1 saturated carbocycles. The predicted octanol–water partition coefficient (Wildman–Crippen LogP) is 0.178. The molecule has 1 rings (SSSR count). The highest BCUT2D eigenvalue weighted by Gasteiger charge is 2.36. The predicted molar refractivity (Wildman–Crippen MR) is 35.3 cm³/mol. The lowest BCUT2D eigenvalue weighted by molar-refractivity contribution is -0.152. The van der Waals surface area contributed by atoms with E-state index in [1.54, 1.807) is 0 Å². The second-order valence-corrected chi connectivity index (χ2v) is 2.65. The molecule has 0 saturated heterocycles. The lowest BCUT2D eigenvalue weighted by atomic mass is 9.74. The zero-order valence-corrected chi connectivity index (χ0v) is 6.04. The van der Waals surface area contributed by atoms with Crippen molar-refractivity contribution in [2.24, 2.45) is 11.8 Å². The summed E-state index contributed by atoms with van der Waals surface area (Å²) in [5.74, 6) is -0.0484. The highest BCUT2D eigenvalue weighted by molar-refractivity contribution is 5.73. The smallest absolute Gasteiger partial charge is 0.309 e. The molecule has 1 fully saturated rings. The first-order valence-electron chi connectivity index (χ1n) is 3.48. The summed E-state index contributed by atoms with van der Waals surface area (Å²) in [6.07, 6.45) is 1.83. The number of methoxy groups -OCH3 is 1. The first kappa shape index (κ1) is 7.54. The van der Waals surface area contributed by atoms with Gasteiger partial charge in [-0.25, -0.2) is 0 Å². The summed E-state index contributed by atoms with van der Waals surface area (Å²) in [5, 5.41) is 8.69. The second-order valence-electron chi connectivity index (χ2n) is 2.65. The third-order valence-electron chi connectivity index (χ3n) is 2.16. The van der Waals surface area contributed by atoms with E-state index in [2.05, 4.69) is 4.74 Å². The number of hydrogen-bond acceptors (Lipinski definition) is 3. The molecule has 0 aliphatic heterocycles. The van der Waals surface area contributed by atoms with Crippen molar-refractivity contribution in [3.8, 4) is 0 Å². The van der Waals surface area contributed by atoms with Crippen LogP contribution in [-0.4, -0.2) is 24.8 Å². The minimum absolute atomic E-state index is 0.0324. The van der Waals surface area contributed by atoms with Gasteiger partial charge in [-0.05, 0) is 18.8 Å². The summed E-state index contributed by atoms with van der Waals surface area (Å²) < 4.78 is 4.54. The van der Waals surface area contributed by atoms with Crippen LogP contribution in [0.4, 0.5) is 0 Å². The third-order valence-corrected chi connectivity index (χ3v) is 2.16. The molecule has 0 aromatic heterocycles. The molecule has 1 aliphatic carbocycles. The van der Waals surface area contributed by atoms with Gasteiger partial charge in [-0.2, -0.15) is 0 Å². The maximum absolute atomic E-state index is 10.8. The Morgan fingerprint density at radius 1 is 1.70 bits per heavy atom. The fourth-order valence-corrected chi connectivity index (χ4v) is 1.25. The number of carbonyl (C=O) groups excluding carboxylic acids is 1. The summed E-state index contributed by atoms with van der Waals surface area (Å²) in [6.45, 7) is 0.111. The maximum atomic E-state index is 10.8. The van der Waals surface area contributed by atoms with Crippen molar-refractivity contribution in [3.63, 3.8) is 0 Å². The fourth-order valence-electron chi connectivity index (χ4n) is 1.25. The third kappa shape index (κ3) is 1.14. The van der Waals surface area contributed by atoms with E-state index in [0.29, 0.717) is 0 Å². The normalized spacial score (nSPS) is 31.0. The number of esters is 1. The van der Waals surface area contributed by atoms with Gasteiger partial charge in [-0.3, -0.25) is 4.79 Å². The van der Waals surface area contributed by atoms with Crippen molar-refractivity contribution in [1.82, 2.24) is 0 Å². The summed E-state index contributed by atoms with van der Waals surface area (Å²) >= 11 is 0. The van der Waals surface area contributed by atoms with Crippen molar-refractivity contribution in [2.45, 2.75) is 12.8 Å². The molecule has 1 unspecified atom stereocenters. The molecule has 58 valence electrons. The Morgan fingerprint density at radius 2 is 2.40 bits per heavy atom. The van der Waals surface area contributed by atoms with Gasteiger partial charge in [-0.1, -0.05) is 0 Å². The number of ether oxygens (including phenoxy) is 1. The average Bonchev–Trinajstić information content (AvgIpc) is 1.86. The van der Waals surface area contributed by atoms with Crippen molar-refractivity contribution in [2.75, 3.05) is 13.7 Å². The maximum Gasteiger partial charge on any atom is 0.309 e. The topological polar surface area (TPSA) is 46.5 Å². The van der Waals surface area contributed by atoms with Crippen molar-refractivity contribution < 1.29 is 14.6 Å². The van der Waals surface area contributed by atoms with Crippen LogP contribution in [0, 0.1) is 11.8 Å². The van der Waals surface area contributed by atoms with E-state index < -0.39 is 0 Å². The summed E-state index contributed by atoms with van der Waals surface area (Å²) in [6, 6.07) is 0. The summed E-state index contributed by atoms with van der Waals surface area (Å²) in [7, 11) is 1.38. The molecule has 0 radical (unpaired) electrons. The molecule has 2 atom stereocenters. The van der Waals surface area contributed by atoms with Crippen LogP contribution in [0.1, 0.15) is 12.8 Å². The first-order valence-corrected chi connectivity index (χ1v) is 3.48. The minimum atomic E-state index is -0.176. The van der Waals surface area contributed by atoms with Gasteiger partial charge in [0.15, 0.2) is 0 Å². The van der Waals surface area contributed by atoms with Gasteiger partial charge in [0.05, 0.1) is 13.0 Å². The molecular weight excluding hydrogens is 132 g/mol. The molecule has 3 nitrogen and oxygen atoms in total. The van der Waals surface area contributed by atoms with Crippen molar-refractivity contribution in [3.05, 3.63) is 0 Å². The molecule has 0 bridgehead atoms. The summed E-state index contributed by atoms with van der Waals surface area (Å²) in [4.78, 5) is 10.8. The minimum Gasteiger partial charge on any atom is -0.469 e. The molecular formula is C7H12O3. The number of hydrogen-bond donors (Lipinski definition) is 1. The lowest BCUT2D eigenvalue weighted by Gasteiger charge is -2.32. The van der Waals surface area contributed by atoms with Gasteiger partial charge in [0.25, 0.3) is 0 Å². The molecule has 0 spiro atoms.